The molecule has 26 heavy (non-hydrogen) atoms. The van der Waals surface area contributed by atoms with Crippen molar-refractivity contribution in [1.29, 1.82) is 0 Å². The molecule has 3 rings (SSSR count). The van der Waals surface area contributed by atoms with Gasteiger partial charge in [0.05, 0.1) is 5.69 Å². The van der Waals surface area contributed by atoms with Gasteiger partial charge in [0.2, 0.25) is 5.91 Å². The number of likely N-dealkylation sites (tertiary alicyclic amines) is 1. The molecule has 1 amide bonds. The van der Waals surface area contributed by atoms with Gasteiger partial charge < -0.3 is 4.90 Å². The number of benzene rings is 1. The lowest BCUT2D eigenvalue weighted by Crippen LogP contribution is -2.44. The van der Waals surface area contributed by atoms with Crippen LogP contribution in [-0.4, -0.2) is 38.7 Å². The Balaban J connectivity index is 1.72. The van der Waals surface area contributed by atoms with E-state index in [9.17, 15) is 9.59 Å². The Morgan fingerprint density at radius 1 is 1.23 bits per heavy atom. The summed E-state index contributed by atoms with van der Waals surface area (Å²) >= 11 is 0. The van der Waals surface area contributed by atoms with Crippen LogP contribution in [0, 0.1) is 18.3 Å². The summed E-state index contributed by atoms with van der Waals surface area (Å²) in [7, 11) is 0. The number of hydrogen-bond acceptors (Lipinski definition) is 3. The van der Waals surface area contributed by atoms with Gasteiger partial charge in [-0.25, -0.2) is 14.5 Å². The quantitative estimate of drug-likeness (QED) is 0.919. The van der Waals surface area contributed by atoms with Gasteiger partial charge in [-0.3, -0.25) is 4.79 Å². The second kappa shape index (κ2) is 7.09. The lowest BCUT2D eigenvalue weighted by molar-refractivity contribution is -0.140. The smallest absolute Gasteiger partial charge is 0.342 e. The average Bonchev–Trinajstić information content (AvgIpc) is 2.95. The summed E-state index contributed by atoms with van der Waals surface area (Å²) in [5.41, 5.74) is 1.39. The molecule has 1 N–H and O–H groups in total. The zero-order chi connectivity index (χ0) is 18.9. The standard InChI is InChI=1S/C20H28N4O2/c1-14-7-5-6-8-16(14)24-17(21-22-19(24)26)13-15-9-11-23(12-10-15)18(25)20(2,3)4/h5-8,15H,9-13H2,1-4H3,(H,22,26). The molecule has 1 saturated heterocycles. The first kappa shape index (κ1) is 18.4. The number of nitrogens with zero attached hydrogens (tertiary/aromatic N) is 3. The van der Waals surface area contributed by atoms with Crippen LogP contribution in [0.5, 0.6) is 0 Å². The van der Waals surface area contributed by atoms with Crippen molar-refractivity contribution in [2.45, 2.75) is 47.0 Å². The van der Waals surface area contributed by atoms with Crippen molar-refractivity contribution in [3.8, 4) is 5.69 Å². The van der Waals surface area contributed by atoms with Gasteiger partial charge in [0.15, 0.2) is 0 Å². The highest BCUT2D eigenvalue weighted by Crippen LogP contribution is 2.26. The van der Waals surface area contributed by atoms with E-state index in [1.54, 1.807) is 4.57 Å². The third-order valence-corrected chi connectivity index (χ3v) is 5.11. The predicted molar refractivity (Wildman–Crippen MR) is 101 cm³/mol. The van der Waals surface area contributed by atoms with E-state index >= 15 is 0 Å². The molecule has 0 radical (unpaired) electrons. The number of piperidine rings is 1. The van der Waals surface area contributed by atoms with Gasteiger partial charge >= 0.3 is 5.69 Å². The van der Waals surface area contributed by atoms with Crippen molar-refractivity contribution in [3.63, 3.8) is 0 Å². The molecule has 0 bridgehead atoms. The number of carbonyl (C=O) groups excluding carboxylic acids is 1. The number of aromatic amines is 1. The molecule has 2 aromatic rings. The predicted octanol–water partition coefficient (Wildman–Crippen LogP) is 2.70. The highest BCUT2D eigenvalue weighted by atomic mass is 16.2. The van der Waals surface area contributed by atoms with Gasteiger partial charge in [-0.15, -0.1) is 0 Å². The van der Waals surface area contributed by atoms with Gasteiger partial charge in [0, 0.05) is 24.9 Å². The van der Waals surface area contributed by atoms with Crippen LogP contribution in [0.15, 0.2) is 29.1 Å². The summed E-state index contributed by atoms with van der Waals surface area (Å²) in [6, 6.07) is 7.84. The maximum atomic E-state index is 12.4. The Kier molecular flexibility index (Phi) is 5.03. The van der Waals surface area contributed by atoms with E-state index in [2.05, 4.69) is 10.2 Å². The highest BCUT2D eigenvalue weighted by Gasteiger charge is 2.31. The molecule has 6 heteroatoms. The molecule has 0 saturated carbocycles. The van der Waals surface area contributed by atoms with Crippen molar-refractivity contribution in [1.82, 2.24) is 19.7 Å². The minimum absolute atomic E-state index is 0.199. The molecule has 140 valence electrons. The summed E-state index contributed by atoms with van der Waals surface area (Å²) < 4.78 is 1.68. The average molecular weight is 356 g/mol. The van der Waals surface area contributed by atoms with E-state index in [4.69, 9.17) is 0 Å². The number of amides is 1. The second-order valence-corrected chi connectivity index (χ2v) is 8.26. The van der Waals surface area contributed by atoms with E-state index in [0.717, 1.165) is 49.4 Å². The first-order chi connectivity index (χ1) is 12.3. The number of H-pyrrole nitrogens is 1. The Labute approximate surface area is 154 Å². The van der Waals surface area contributed by atoms with E-state index < -0.39 is 0 Å². The van der Waals surface area contributed by atoms with Crippen LogP contribution in [0.1, 0.15) is 45.0 Å². The first-order valence-corrected chi connectivity index (χ1v) is 9.29. The minimum Gasteiger partial charge on any atom is -0.342 e. The number of hydrogen-bond donors (Lipinski definition) is 1. The Morgan fingerprint density at radius 2 is 1.88 bits per heavy atom. The van der Waals surface area contributed by atoms with Crippen LogP contribution >= 0.6 is 0 Å². The summed E-state index contributed by atoms with van der Waals surface area (Å²) in [5, 5.41) is 6.86. The van der Waals surface area contributed by atoms with Crippen molar-refractivity contribution in [2.24, 2.45) is 11.3 Å². The minimum atomic E-state index is -0.333. The zero-order valence-corrected chi connectivity index (χ0v) is 16.1. The number of para-hydroxylation sites is 1. The van der Waals surface area contributed by atoms with Crippen molar-refractivity contribution < 1.29 is 4.79 Å². The number of aryl methyl sites for hydroxylation is 1. The van der Waals surface area contributed by atoms with E-state index in [1.165, 1.54) is 0 Å². The molecule has 0 unspecified atom stereocenters. The molecule has 1 aromatic carbocycles. The fourth-order valence-corrected chi connectivity index (χ4v) is 3.60. The topological polar surface area (TPSA) is 71.0 Å². The SMILES string of the molecule is Cc1ccccc1-n1c(CC2CCN(C(=O)C(C)(C)C)CC2)n[nH]c1=O. The molecule has 1 aliphatic rings. The van der Waals surface area contributed by atoms with Gasteiger partial charge in [0.25, 0.3) is 0 Å². The number of nitrogens with one attached hydrogen (secondary N) is 1. The molecule has 0 spiro atoms. The molecule has 1 aliphatic heterocycles. The van der Waals surface area contributed by atoms with Gasteiger partial charge in [-0.05, 0) is 37.3 Å². The van der Waals surface area contributed by atoms with Crippen LogP contribution < -0.4 is 5.69 Å². The third kappa shape index (κ3) is 3.74. The van der Waals surface area contributed by atoms with Gasteiger partial charge in [-0.2, -0.15) is 5.10 Å². The summed E-state index contributed by atoms with van der Waals surface area (Å²) in [6.45, 7) is 9.44. The van der Waals surface area contributed by atoms with E-state index in [0.29, 0.717) is 5.92 Å². The maximum Gasteiger partial charge on any atom is 0.347 e. The van der Waals surface area contributed by atoms with Crippen LogP contribution in [0.3, 0.4) is 0 Å². The maximum absolute atomic E-state index is 12.4. The molecule has 2 heterocycles. The zero-order valence-electron chi connectivity index (χ0n) is 16.1. The van der Waals surface area contributed by atoms with Gasteiger partial charge in [0.1, 0.15) is 5.82 Å². The molecule has 0 atom stereocenters. The van der Waals surface area contributed by atoms with Crippen LogP contribution in [0.2, 0.25) is 0 Å². The highest BCUT2D eigenvalue weighted by molar-refractivity contribution is 5.81. The fourth-order valence-electron chi connectivity index (χ4n) is 3.60. The Hall–Kier alpha value is -2.37. The molecule has 6 nitrogen and oxygen atoms in total. The summed E-state index contributed by atoms with van der Waals surface area (Å²) in [5.74, 6) is 1.41. The monoisotopic (exact) mass is 356 g/mol. The number of aromatic nitrogens is 3. The summed E-state index contributed by atoms with van der Waals surface area (Å²) in [6.07, 6.45) is 2.62. The number of rotatable bonds is 3. The van der Waals surface area contributed by atoms with Gasteiger partial charge in [-0.1, -0.05) is 39.0 Å². The lowest BCUT2D eigenvalue weighted by atomic mass is 9.89. The molecule has 1 aromatic heterocycles. The second-order valence-electron chi connectivity index (χ2n) is 8.26. The normalized spacial score (nSPS) is 16.1. The molecule has 0 aliphatic carbocycles. The summed E-state index contributed by atoms with van der Waals surface area (Å²) in [4.78, 5) is 26.7. The Morgan fingerprint density at radius 3 is 2.50 bits per heavy atom. The molecule has 1 fully saturated rings. The van der Waals surface area contributed by atoms with Crippen molar-refractivity contribution in [2.75, 3.05) is 13.1 Å². The molecular weight excluding hydrogens is 328 g/mol. The van der Waals surface area contributed by atoms with Crippen molar-refractivity contribution in [3.05, 3.63) is 46.1 Å². The largest absolute Gasteiger partial charge is 0.347 e. The van der Waals surface area contributed by atoms with Crippen LogP contribution in [0.25, 0.3) is 5.69 Å². The molecular formula is C20H28N4O2. The van der Waals surface area contributed by atoms with Crippen LogP contribution in [-0.2, 0) is 11.2 Å². The van der Waals surface area contributed by atoms with Crippen LogP contribution in [0.4, 0.5) is 0 Å². The first-order valence-electron chi connectivity index (χ1n) is 9.29. The van der Waals surface area contributed by atoms with Crippen molar-refractivity contribution >= 4 is 5.91 Å². The van der Waals surface area contributed by atoms with E-state index in [1.807, 2.05) is 56.9 Å². The van der Waals surface area contributed by atoms with E-state index in [-0.39, 0.29) is 17.0 Å². The lowest BCUT2D eigenvalue weighted by Gasteiger charge is -2.35. The third-order valence-electron chi connectivity index (χ3n) is 5.11. The Bertz CT molecular complexity index is 836. The fraction of sp³-hybridized carbons (Fsp3) is 0.550. The number of carbonyl (C=O) groups is 1.